The number of ether oxygens (including phenoxy) is 1. The van der Waals surface area contributed by atoms with Gasteiger partial charge < -0.3 is 19.8 Å². The first-order chi connectivity index (χ1) is 13.6. The van der Waals surface area contributed by atoms with Crippen molar-refractivity contribution in [2.75, 3.05) is 12.4 Å². The van der Waals surface area contributed by atoms with E-state index in [1.807, 2.05) is 31.2 Å². The van der Waals surface area contributed by atoms with Crippen LogP contribution in [0, 0.1) is 6.92 Å². The van der Waals surface area contributed by atoms with Crippen LogP contribution >= 0.6 is 0 Å². The number of amides is 2. The normalized spacial score (nSPS) is 10.5. The van der Waals surface area contributed by atoms with Crippen LogP contribution in [0.15, 0.2) is 65.3 Å². The minimum atomic E-state index is -0.361. The summed E-state index contributed by atoms with van der Waals surface area (Å²) in [4.78, 5) is 24.7. The number of hydrogen-bond acceptors (Lipinski definition) is 4. The summed E-state index contributed by atoms with van der Waals surface area (Å²) < 4.78 is 10.2. The standard InChI is InChI=1S/C22H22N2O4/c1-15-8-9-18(12-19(15)24-22(26)20-7-4-10-28-20)21(25)23-13-16-5-3-6-17(11-16)14-27-2/h3-12H,13-14H2,1-2H3,(H,23,25)(H,24,26). The first-order valence-corrected chi connectivity index (χ1v) is 8.87. The molecule has 0 bridgehead atoms. The third-order valence-electron chi connectivity index (χ3n) is 4.25. The topological polar surface area (TPSA) is 80.6 Å². The van der Waals surface area contributed by atoms with Gasteiger partial charge in [-0.05, 0) is 47.9 Å². The zero-order valence-electron chi connectivity index (χ0n) is 15.8. The summed E-state index contributed by atoms with van der Waals surface area (Å²) in [5.41, 5.74) is 3.92. The van der Waals surface area contributed by atoms with Crippen LogP contribution in [0.3, 0.4) is 0 Å². The molecule has 1 heterocycles. The van der Waals surface area contributed by atoms with Gasteiger partial charge in [0.1, 0.15) is 0 Å². The third kappa shape index (κ3) is 4.86. The van der Waals surface area contributed by atoms with E-state index in [0.717, 1.165) is 16.7 Å². The molecule has 0 atom stereocenters. The van der Waals surface area contributed by atoms with Gasteiger partial charge in [-0.1, -0.05) is 30.3 Å². The number of furan rings is 1. The van der Waals surface area contributed by atoms with Gasteiger partial charge in [-0.25, -0.2) is 0 Å². The van der Waals surface area contributed by atoms with Crippen molar-refractivity contribution in [3.63, 3.8) is 0 Å². The molecular weight excluding hydrogens is 356 g/mol. The Bertz CT molecular complexity index is 964. The van der Waals surface area contributed by atoms with Crippen molar-refractivity contribution >= 4 is 17.5 Å². The molecule has 0 saturated heterocycles. The van der Waals surface area contributed by atoms with Crippen molar-refractivity contribution in [2.24, 2.45) is 0 Å². The Hall–Kier alpha value is -3.38. The van der Waals surface area contributed by atoms with Crippen molar-refractivity contribution in [1.29, 1.82) is 0 Å². The van der Waals surface area contributed by atoms with E-state index in [1.54, 1.807) is 37.4 Å². The maximum absolute atomic E-state index is 12.5. The molecule has 144 valence electrons. The molecule has 0 saturated carbocycles. The third-order valence-corrected chi connectivity index (χ3v) is 4.25. The van der Waals surface area contributed by atoms with Gasteiger partial charge in [0.05, 0.1) is 12.9 Å². The van der Waals surface area contributed by atoms with Crippen molar-refractivity contribution in [1.82, 2.24) is 5.32 Å². The van der Waals surface area contributed by atoms with Gasteiger partial charge in [0.2, 0.25) is 0 Å². The monoisotopic (exact) mass is 378 g/mol. The maximum atomic E-state index is 12.5. The average Bonchev–Trinajstić information content (AvgIpc) is 3.23. The van der Waals surface area contributed by atoms with E-state index in [-0.39, 0.29) is 17.6 Å². The summed E-state index contributed by atoms with van der Waals surface area (Å²) in [7, 11) is 1.65. The number of carbonyl (C=O) groups is 2. The zero-order valence-corrected chi connectivity index (χ0v) is 15.8. The molecule has 2 amide bonds. The lowest BCUT2D eigenvalue weighted by Crippen LogP contribution is -2.23. The number of benzene rings is 2. The van der Waals surface area contributed by atoms with E-state index in [1.165, 1.54) is 6.26 Å². The molecule has 2 N–H and O–H groups in total. The number of methoxy groups -OCH3 is 1. The predicted molar refractivity (Wildman–Crippen MR) is 106 cm³/mol. The second kappa shape index (κ2) is 9.01. The van der Waals surface area contributed by atoms with Crippen LogP contribution < -0.4 is 10.6 Å². The van der Waals surface area contributed by atoms with Crippen LogP contribution in [0.2, 0.25) is 0 Å². The molecule has 0 fully saturated rings. The van der Waals surface area contributed by atoms with Gasteiger partial charge in [-0.2, -0.15) is 0 Å². The number of aryl methyl sites for hydroxylation is 1. The largest absolute Gasteiger partial charge is 0.459 e. The fourth-order valence-electron chi connectivity index (χ4n) is 2.77. The average molecular weight is 378 g/mol. The van der Waals surface area contributed by atoms with E-state index < -0.39 is 0 Å². The summed E-state index contributed by atoms with van der Waals surface area (Å²) in [5, 5.41) is 5.68. The molecule has 3 aromatic rings. The van der Waals surface area contributed by atoms with Crippen LogP contribution in [-0.4, -0.2) is 18.9 Å². The predicted octanol–water partition coefficient (Wildman–Crippen LogP) is 3.92. The summed E-state index contributed by atoms with van der Waals surface area (Å²) in [5.74, 6) is -0.364. The first kappa shape index (κ1) is 19.4. The Morgan fingerprint density at radius 3 is 2.57 bits per heavy atom. The molecule has 0 radical (unpaired) electrons. The van der Waals surface area contributed by atoms with Gasteiger partial charge in [-0.15, -0.1) is 0 Å². The molecule has 6 heteroatoms. The molecular formula is C22H22N2O4. The molecule has 6 nitrogen and oxygen atoms in total. The van der Waals surface area contributed by atoms with Crippen molar-refractivity contribution in [3.8, 4) is 0 Å². The molecule has 28 heavy (non-hydrogen) atoms. The van der Waals surface area contributed by atoms with E-state index in [2.05, 4.69) is 10.6 Å². The summed E-state index contributed by atoms with van der Waals surface area (Å²) in [6, 6.07) is 16.3. The molecule has 2 aromatic carbocycles. The van der Waals surface area contributed by atoms with Crippen molar-refractivity contribution < 1.29 is 18.7 Å². The molecule has 0 spiro atoms. The van der Waals surface area contributed by atoms with E-state index >= 15 is 0 Å². The number of rotatable bonds is 7. The van der Waals surface area contributed by atoms with Gasteiger partial charge in [0.15, 0.2) is 5.76 Å². The van der Waals surface area contributed by atoms with Gasteiger partial charge in [0.25, 0.3) is 11.8 Å². The van der Waals surface area contributed by atoms with Crippen LogP contribution in [0.25, 0.3) is 0 Å². The Labute approximate surface area is 163 Å². The Balaban J connectivity index is 1.67. The second-order valence-electron chi connectivity index (χ2n) is 6.40. The fourth-order valence-corrected chi connectivity index (χ4v) is 2.77. The molecule has 0 aliphatic rings. The Morgan fingerprint density at radius 1 is 1.00 bits per heavy atom. The van der Waals surface area contributed by atoms with E-state index in [9.17, 15) is 9.59 Å². The van der Waals surface area contributed by atoms with Gasteiger partial charge in [0, 0.05) is 24.9 Å². The number of nitrogens with one attached hydrogen (secondary N) is 2. The SMILES string of the molecule is COCc1cccc(CNC(=O)c2ccc(C)c(NC(=O)c3ccco3)c2)c1. The molecule has 0 unspecified atom stereocenters. The minimum absolute atomic E-state index is 0.213. The lowest BCUT2D eigenvalue weighted by Gasteiger charge is -2.11. The highest BCUT2D eigenvalue weighted by Crippen LogP contribution is 2.18. The number of hydrogen-bond donors (Lipinski definition) is 2. The number of carbonyl (C=O) groups excluding carboxylic acids is 2. The highest BCUT2D eigenvalue weighted by atomic mass is 16.5. The zero-order chi connectivity index (χ0) is 19.9. The van der Waals surface area contributed by atoms with Crippen LogP contribution in [0.4, 0.5) is 5.69 Å². The van der Waals surface area contributed by atoms with Crippen LogP contribution in [0.1, 0.15) is 37.6 Å². The van der Waals surface area contributed by atoms with Crippen LogP contribution in [-0.2, 0) is 17.9 Å². The van der Waals surface area contributed by atoms with Gasteiger partial charge >= 0.3 is 0 Å². The molecule has 3 rings (SSSR count). The first-order valence-electron chi connectivity index (χ1n) is 8.87. The highest BCUT2D eigenvalue weighted by molar-refractivity contribution is 6.03. The summed E-state index contributed by atoms with van der Waals surface area (Å²) in [6.45, 7) is 2.79. The molecule has 1 aromatic heterocycles. The van der Waals surface area contributed by atoms with Crippen molar-refractivity contribution in [3.05, 3.63) is 88.9 Å². The Kier molecular flexibility index (Phi) is 6.24. The minimum Gasteiger partial charge on any atom is -0.459 e. The van der Waals surface area contributed by atoms with E-state index in [4.69, 9.17) is 9.15 Å². The van der Waals surface area contributed by atoms with Gasteiger partial charge in [-0.3, -0.25) is 9.59 Å². The lowest BCUT2D eigenvalue weighted by atomic mass is 10.1. The summed E-state index contributed by atoms with van der Waals surface area (Å²) >= 11 is 0. The lowest BCUT2D eigenvalue weighted by molar-refractivity contribution is 0.0949. The molecule has 0 aliphatic carbocycles. The van der Waals surface area contributed by atoms with E-state index in [0.29, 0.717) is 24.4 Å². The van der Waals surface area contributed by atoms with Crippen LogP contribution in [0.5, 0.6) is 0 Å². The van der Waals surface area contributed by atoms with Crippen molar-refractivity contribution in [2.45, 2.75) is 20.1 Å². The second-order valence-corrected chi connectivity index (χ2v) is 6.40. The summed E-state index contributed by atoms with van der Waals surface area (Å²) in [6.07, 6.45) is 1.44. The smallest absolute Gasteiger partial charge is 0.291 e. The molecule has 0 aliphatic heterocycles. The quantitative estimate of drug-likeness (QED) is 0.653. The fraction of sp³-hybridized carbons (Fsp3) is 0.182. The Morgan fingerprint density at radius 2 is 1.82 bits per heavy atom. The highest BCUT2D eigenvalue weighted by Gasteiger charge is 2.13. The number of anilines is 1. The maximum Gasteiger partial charge on any atom is 0.291 e.